The van der Waals surface area contributed by atoms with E-state index in [-0.39, 0.29) is 0 Å². The van der Waals surface area contributed by atoms with Crippen molar-refractivity contribution >= 4 is 10.8 Å². The van der Waals surface area contributed by atoms with Gasteiger partial charge in [0.1, 0.15) is 12.4 Å². The summed E-state index contributed by atoms with van der Waals surface area (Å²) < 4.78 is 10.4. The first kappa shape index (κ1) is 15.3. The molecule has 102 valence electrons. The maximum absolute atomic E-state index is 5.55. The van der Waals surface area contributed by atoms with Gasteiger partial charge in [-0.2, -0.15) is 0 Å². The minimum absolute atomic E-state index is 0.550. The lowest BCUT2D eigenvalue weighted by molar-refractivity contribution is 0.162. The molecule has 0 heterocycles. The zero-order chi connectivity index (χ0) is 13.9. The molecule has 0 fully saturated rings. The zero-order valence-corrected chi connectivity index (χ0v) is 11.8. The van der Waals surface area contributed by atoms with Crippen LogP contribution in [-0.2, 0) is 4.74 Å². The number of hydrogen-bond donors (Lipinski definition) is 0. The molecular weight excluding hydrogens is 236 g/mol. The number of hydrogen-bond acceptors (Lipinski definition) is 2. The minimum atomic E-state index is 0.550. The highest BCUT2D eigenvalue weighted by molar-refractivity contribution is 5.88. The molecule has 0 N–H and O–H groups in total. The number of benzene rings is 2. The SMILES string of the molecule is C=CCOc1cccc2ccccc12.CCOCC. The summed E-state index contributed by atoms with van der Waals surface area (Å²) >= 11 is 0. The van der Waals surface area contributed by atoms with Crippen molar-refractivity contribution in [3.8, 4) is 5.75 Å². The molecule has 2 nitrogen and oxygen atoms in total. The van der Waals surface area contributed by atoms with E-state index in [2.05, 4.69) is 24.8 Å². The van der Waals surface area contributed by atoms with Gasteiger partial charge < -0.3 is 9.47 Å². The molecule has 0 aliphatic heterocycles. The Morgan fingerprint density at radius 3 is 2.32 bits per heavy atom. The van der Waals surface area contributed by atoms with Crippen LogP contribution in [0.3, 0.4) is 0 Å². The normalized spacial score (nSPS) is 9.58. The minimum Gasteiger partial charge on any atom is -0.489 e. The van der Waals surface area contributed by atoms with Crippen molar-refractivity contribution < 1.29 is 9.47 Å². The van der Waals surface area contributed by atoms with E-state index in [0.29, 0.717) is 6.61 Å². The second kappa shape index (κ2) is 9.17. The van der Waals surface area contributed by atoms with Crippen LogP contribution in [0.2, 0.25) is 0 Å². The molecule has 0 atom stereocenters. The smallest absolute Gasteiger partial charge is 0.127 e. The van der Waals surface area contributed by atoms with Crippen molar-refractivity contribution in [1.82, 2.24) is 0 Å². The predicted octanol–water partition coefficient (Wildman–Crippen LogP) is 4.45. The van der Waals surface area contributed by atoms with Crippen LogP contribution in [0, 0.1) is 0 Å². The largest absolute Gasteiger partial charge is 0.489 e. The van der Waals surface area contributed by atoms with E-state index in [4.69, 9.17) is 9.47 Å². The number of ether oxygens (including phenoxy) is 2. The molecular formula is C17H22O2. The second-order valence-electron chi connectivity index (χ2n) is 3.86. The van der Waals surface area contributed by atoms with E-state index in [1.165, 1.54) is 5.39 Å². The molecule has 2 aromatic carbocycles. The monoisotopic (exact) mass is 258 g/mol. The van der Waals surface area contributed by atoms with Gasteiger partial charge in [0.15, 0.2) is 0 Å². The lowest BCUT2D eigenvalue weighted by Gasteiger charge is -2.06. The molecule has 0 saturated carbocycles. The van der Waals surface area contributed by atoms with E-state index in [1.54, 1.807) is 6.08 Å². The van der Waals surface area contributed by atoms with Crippen molar-refractivity contribution in [2.24, 2.45) is 0 Å². The number of fused-ring (bicyclic) bond motifs is 1. The highest BCUT2D eigenvalue weighted by Gasteiger charge is 1.98. The Morgan fingerprint density at radius 1 is 1.00 bits per heavy atom. The Labute approximate surface area is 115 Å². The topological polar surface area (TPSA) is 18.5 Å². The molecule has 0 amide bonds. The summed E-state index contributed by atoms with van der Waals surface area (Å²) in [6.45, 7) is 9.85. The Hall–Kier alpha value is -1.80. The highest BCUT2D eigenvalue weighted by Crippen LogP contribution is 2.24. The van der Waals surface area contributed by atoms with Crippen LogP contribution in [0.25, 0.3) is 10.8 Å². The van der Waals surface area contributed by atoms with Crippen LogP contribution in [0.15, 0.2) is 55.1 Å². The molecule has 2 aromatic rings. The Balaban J connectivity index is 0.000000312. The van der Waals surface area contributed by atoms with E-state index < -0.39 is 0 Å². The predicted molar refractivity (Wildman–Crippen MR) is 81.8 cm³/mol. The summed E-state index contributed by atoms with van der Waals surface area (Å²) in [6, 6.07) is 14.2. The van der Waals surface area contributed by atoms with E-state index >= 15 is 0 Å². The van der Waals surface area contributed by atoms with Gasteiger partial charge in [-0.05, 0) is 25.3 Å². The van der Waals surface area contributed by atoms with Crippen LogP contribution < -0.4 is 4.74 Å². The van der Waals surface area contributed by atoms with Crippen LogP contribution in [0.5, 0.6) is 5.75 Å². The van der Waals surface area contributed by atoms with E-state index in [0.717, 1.165) is 24.3 Å². The first-order valence-corrected chi connectivity index (χ1v) is 6.62. The van der Waals surface area contributed by atoms with Gasteiger partial charge in [0.2, 0.25) is 0 Å². The van der Waals surface area contributed by atoms with E-state index in [9.17, 15) is 0 Å². The fourth-order valence-corrected chi connectivity index (χ4v) is 1.67. The summed E-state index contributed by atoms with van der Waals surface area (Å²) in [6.07, 6.45) is 1.75. The van der Waals surface area contributed by atoms with Gasteiger partial charge in [0, 0.05) is 18.6 Å². The molecule has 0 bridgehead atoms. The summed E-state index contributed by atoms with van der Waals surface area (Å²) in [4.78, 5) is 0. The molecule has 0 spiro atoms. The van der Waals surface area contributed by atoms with Crippen molar-refractivity contribution in [2.75, 3.05) is 19.8 Å². The summed E-state index contributed by atoms with van der Waals surface area (Å²) in [5, 5.41) is 2.35. The average molecular weight is 258 g/mol. The van der Waals surface area contributed by atoms with Gasteiger partial charge in [-0.1, -0.05) is 49.1 Å². The third-order valence-corrected chi connectivity index (χ3v) is 2.51. The van der Waals surface area contributed by atoms with Gasteiger partial charge >= 0.3 is 0 Å². The molecule has 0 unspecified atom stereocenters. The Kier molecular flexibility index (Phi) is 7.37. The van der Waals surface area contributed by atoms with Crippen molar-refractivity contribution in [3.63, 3.8) is 0 Å². The van der Waals surface area contributed by atoms with Gasteiger partial charge in [0.05, 0.1) is 0 Å². The van der Waals surface area contributed by atoms with Crippen molar-refractivity contribution in [3.05, 3.63) is 55.1 Å². The average Bonchev–Trinajstić information content (AvgIpc) is 2.46. The third-order valence-electron chi connectivity index (χ3n) is 2.51. The van der Waals surface area contributed by atoms with Gasteiger partial charge in [-0.3, -0.25) is 0 Å². The summed E-state index contributed by atoms with van der Waals surface area (Å²) in [5.74, 6) is 0.919. The molecule has 0 aliphatic rings. The quantitative estimate of drug-likeness (QED) is 0.738. The van der Waals surface area contributed by atoms with Crippen LogP contribution in [0.1, 0.15) is 13.8 Å². The fourth-order valence-electron chi connectivity index (χ4n) is 1.67. The Morgan fingerprint density at radius 2 is 1.68 bits per heavy atom. The highest BCUT2D eigenvalue weighted by atomic mass is 16.5. The fraction of sp³-hybridized carbons (Fsp3) is 0.294. The molecule has 2 rings (SSSR count). The molecule has 0 radical (unpaired) electrons. The number of rotatable bonds is 5. The first-order chi connectivity index (χ1) is 9.33. The lowest BCUT2D eigenvalue weighted by atomic mass is 10.1. The molecule has 0 aromatic heterocycles. The summed E-state index contributed by atoms with van der Waals surface area (Å²) in [5.41, 5.74) is 0. The van der Waals surface area contributed by atoms with Gasteiger partial charge in [-0.15, -0.1) is 0 Å². The maximum Gasteiger partial charge on any atom is 0.127 e. The maximum atomic E-state index is 5.55. The second-order valence-corrected chi connectivity index (χ2v) is 3.86. The first-order valence-electron chi connectivity index (χ1n) is 6.62. The van der Waals surface area contributed by atoms with Gasteiger partial charge in [0.25, 0.3) is 0 Å². The molecule has 0 aliphatic carbocycles. The van der Waals surface area contributed by atoms with Crippen LogP contribution in [-0.4, -0.2) is 19.8 Å². The Bertz CT molecular complexity index is 484. The standard InChI is InChI=1S/C13H12O.C4H10O/c1-2-10-14-13-9-5-7-11-6-3-4-8-12(11)13;1-3-5-4-2/h2-9H,1,10H2;3-4H2,1-2H3. The molecule has 19 heavy (non-hydrogen) atoms. The van der Waals surface area contributed by atoms with Crippen molar-refractivity contribution in [2.45, 2.75) is 13.8 Å². The van der Waals surface area contributed by atoms with E-state index in [1.807, 2.05) is 38.1 Å². The van der Waals surface area contributed by atoms with Crippen molar-refractivity contribution in [1.29, 1.82) is 0 Å². The van der Waals surface area contributed by atoms with Gasteiger partial charge in [-0.25, -0.2) is 0 Å². The lowest BCUT2D eigenvalue weighted by Crippen LogP contribution is -1.92. The zero-order valence-electron chi connectivity index (χ0n) is 11.8. The summed E-state index contributed by atoms with van der Waals surface area (Å²) in [7, 11) is 0. The third kappa shape index (κ3) is 5.14. The molecule has 0 saturated heterocycles. The molecule has 2 heteroatoms. The van der Waals surface area contributed by atoms with Crippen LogP contribution in [0.4, 0.5) is 0 Å². The van der Waals surface area contributed by atoms with Crippen LogP contribution >= 0.6 is 0 Å².